The van der Waals surface area contributed by atoms with Crippen LogP contribution in [0.5, 0.6) is 5.75 Å². The molecule has 1 amide bonds. The molecular weight excluding hydrogens is 350 g/mol. The van der Waals surface area contributed by atoms with Crippen LogP contribution in [0.2, 0.25) is 0 Å². The van der Waals surface area contributed by atoms with E-state index in [2.05, 4.69) is 15.1 Å². The van der Waals surface area contributed by atoms with E-state index in [9.17, 15) is 9.59 Å². The molecule has 1 heterocycles. The third-order valence-electron chi connectivity index (χ3n) is 4.17. The number of nitrogens with one attached hydrogen (secondary N) is 1. The Morgan fingerprint density at radius 1 is 1.11 bits per heavy atom. The second kappa shape index (κ2) is 8.94. The predicted octanol–water partition coefficient (Wildman–Crippen LogP) is 2.09. The molecule has 1 fully saturated rings. The summed E-state index contributed by atoms with van der Waals surface area (Å²) in [5, 5.41) is 2.78. The Hall–Kier alpha value is -2.48. The summed E-state index contributed by atoms with van der Waals surface area (Å²) >= 11 is 0. The second-order valence-electron chi connectivity index (χ2n) is 7.32. The highest BCUT2D eigenvalue weighted by Crippen LogP contribution is 2.27. The zero-order valence-electron chi connectivity index (χ0n) is 16.7. The largest absolute Gasteiger partial charge is 0.496 e. The first-order valence-corrected chi connectivity index (χ1v) is 8.94. The van der Waals surface area contributed by atoms with E-state index in [1.165, 1.54) is 14.2 Å². The van der Waals surface area contributed by atoms with Crippen molar-refractivity contribution in [3.05, 3.63) is 23.8 Å². The average Bonchev–Trinajstić information content (AvgIpc) is 2.64. The van der Waals surface area contributed by atoms with Crippen molar-refractivity contribution < 1.29 is 23.8 Å². The normalized spacial score (nSPS) is 15.2. The van der Waals surface area contributed by atoms with Crippen LogP contribution < -0.4 is 15.0 Å². The van der Waals surface area contributed by atoms with Crippen LogP contribution in [0, 0.1) is 0 Å². The summed E-state index contributed by atoms with van der Waals surface area (Å²) < 4.78 is 15.3. The highest BCUT2D eigenvalue weighted by molar-refractivity contribution is 5.93. The van der Waals surface area contributed by atoms with Gasteiger partial charge in [0.2, 0.25) is 0 Å². The Labute approximate surface area is 160 Å². The number of benzene rings is 1. The number of methoxy groups -OCH3 is 2. The van der Waals surface area contributed by atoms with Gasteiger partial charge in [-0.05, 0) is 32.9 Å². The van der Waals surface area contributed by atoms with Crippen molar-refractivity contribution in [2.45, 2.75) is 26.4 Å². The summed E-state index contributed by atoms with van der Waals surface area (Å²) in [6.07, 6.45) is -0.409. The van der Waals surface area contributed by atoms with Gasteiger partial charge in [-0.1, -0.05) is 0 Å². The Morgan fingerprint density at radius 2 is 1.78 bits per heavy atom. The molecule has 0 spiro atoms. The van der Waals surface area contributed by atoms with Crippen molar-refractivity contribution in [2.24, 2.45) is 0 Å². The lowest BCUT2D eigenvalue weighted by atomic mass is 10.1. The Kier molecular flexibility index (Phi) is 6.90. The Morgan fingerprint density at radius 3 is 2.33 bits per heavy atom. The number of nitrogens with zero attached hydrogens (tertiary/aromatic N) is 2. The number of esters is 1. The van der Waals surface area contributed by atoms with E-state index < -0.39 is 17.7 Å². The monoisotopic (exact) mass is 379 g/mol. The maximum absolute atomic E-state index is 11.8. The molecule has 150 valence electrons. The number of ether oxygens (including phenoxy) is 3. The van der Waals surface area contributed by atoms with Gasteiger partial charge >= 0.3 is 12.1 Å². The van der Waals surface area contributed by atoms with Crippen molar-refractivity contribution in [1.82, 2.24) is 10.2 Å². The van der Waals surface area contributed by atoms with Gasteiger partial charge in [0.05, 0.1) is 20.9 Å². The summed E-state index contributed by atoms with van der Waals surface area (Å²) in [6.45, 7) is 9.18. The molecule has 8 heteroatoms. The summed E-state index contributed by atoms with van der Waals surface area (Å²) in [6, 6.07) is 5.46. The molecule has 0 radical (unpaired) electrons. The van der Waals surface area contributed by atoms with Gasteiger partial charge in [-0.15, -0.1) is 0 Å². The zero-order valence-corrected chi connectivity index (χ0v) is 16.7. The molecule has 1 saturated heterocycles. The second-order valence-corrected chi connectivity index (χ2v) is 7.32. The molecule has 1 aliphatic heterocycles. The van der Waals surface area contributed by atoms with E-state index in [-0.39, 0.29) is 0 Å². The van der Waals surface area contributed by atoms with Gasteiger partial charge < -0.3 is 24.4 Å². The number of piperazine rings is 1. The minimum Gasteiger partial charge on any atom is -0.496 e. The first-order valence-electron chi connectivity index (χ1n) is 8.94. The van der Waals surface area contributed by atoms with Crippen LogP contribution in [0.25, 0.3) is 0 Å². The number of carbonyl (C=O) groups excluding carboxylic acids is 2. The molecule has 1 aromatic carbocycles. The van der Waals surface area contributed by atoms with E-state index >= 15 is 0 Å². The molecule has 1 aliphatic rings. The third kappa shape index (κ3) is 6.02. The highest BCUT2D eigenvalue weighted by atomic mass is 16.6. The van der Waals surface area contributed by atoms with E-state index in [1.54, 1.807) is 6.07 Å². The SMILES string of the molecule is COC(=O)c1ccc(N2CCN(CNC(=O)OC(C)(C)C)CC2)cc1OC. The molecule has 1 aromatic rings. The van der Waals surface area contributed by atoms with E-state index in [1.807, 2.05) is 32.9 Å². The topological polar surface area (TPSA) is 80.3 Å². The van der Waals surface area contributed by atoms with Crippen LogP contribution in [0.4, 0.5) is 10.5 Å². The smallest absolute Gasteiger partial charge is 0.408 e. The van der Waals surface area contributed by atoms with Crippen LogP contribution in [0.1, 0.15) is 31.1 Å². The molecule has 2 rings (SSSR count). The fourth-order valence-corrected chi connectivity index (χ4v) is 2.81. The fourth-order valence-electron chi connectivity index (χ4n) is 2.81. The molecular formula is C19H29N3O5. The van der Waals surface area contributed by atoms with Gasteiger partial charge in [0, 0.05) is 37.9 Å². The average molecular weight is 379 g/mol. The van der Waals surface area contributed by atoms with Crippen LogP contribution in [-0.4, -0.2) is 69.6 Å². The lowest BCUT2D eigenvalue weighted by molar-refractivity contribution is 0.0488. The molecule has 8 nitrogen and oxygen atoms in total. The van der Waals surface area contributed by atoms with Gasteiger partial charge in [-0.25, -0.2) is 9.59 Å². The van der Waals surface area contributed by atoms with Gasteiger partial charge in [0.15, 0.2) is 0 Å². The number of carbonyl (C=O) groups is 2. The number of amides is 1. The lowest BCUT2D eigenvalue weighted by Gasteiger charge is -2.36. The Bertz CT molecular complexity index is 664. The van der Waals surface area contributed by atoms with E-state index in [0.717, 1.165) is 31.9 Å². The summed E-state index contributed by atoms with van der Waals surface area (Å²) in [5.41, 5.74) is 0.890. The molecule has 0 atom stereocenters. The van der Waals surface area contributed by atoms with Crippen LogP contribution in [-0.2, 0) is 9.47 Å². The number of hydrogen-bond donors (Lipinski definition) is 1. The third-order valence-corrected chi connectivity index (χ3v) is 4.17. The molecule has 0 aliphatic carbocycles. The summed E-state index contributed by atoms with van der Waals surface area (Å²) in [4.78, 5) is 27.9. The van der Waals surface area contributed by atoms with Gasteiger partial charge in [-0.2, -0.15) is 0 Å². The van der Waals surface area contributed by atoms with Gasteiger partial charge in [-0.3, -0.25) is 4.90 Å². The molecule has 27 heavy (non-hydrogen) atoms. The van der Waals surface area contributed by atoms with Crippen LogP contribution >= 0.6 is 0 Å². The standard InChI is InChI=1S/C19H29N3O5/c1-19(2,3)27-18(24)20-13-21-8-10-22(11-9-21)14-6-7-15(17(23)26-5)16(12-14)25-4/h6-7,12H,8-11,13H2,1-5H3,(H,20,24). The minimum atomic E-state index is -0.502. The van der Waals surface area contributed by atoms with Crippen molar-refractivity contribution in [3.8, 4) is 5.75 Å². The minimum absolute atomic E-state index is 0.406. The first-order chi connectivity index (χ1) is 12.7. The molecule has 0 bridgehead atoms. The van der Waals surface area contributed by atoms with Crippen LogP contribution in [0.15, 0.2) is 18.2 Å². The summed E-state index contributed by atoms with van der Waals surface area (Å²) in [5.74, 6) is 0.0739. The summed E-state index contributed by atoms with van der Waals surface area (Å²) in [7, 11) is 2.88. The molecule has 0 aromatic heterocycles. The predicted molar refractivity (Wildman–Crippen MR) is 102 cm³/mol. The molecule has 1 N–H and O–H groups in total. The number of rotatable bonds is 5. The highest BCUT2D eigenvalue weighted by Gasteiger charge is 2.21. The first kappa shape index (κ1) is 20.8. The maximum atomic E-state index is 11.8. The number of hydrogen-bond acceptors (Lipinski definition) is 7. The van der Waals surface area contributed by atoms with E-state index in [4.69, 9.17) is 14.2 Å². The quantitative estimate of drug-likeness (QED) is 0.785. The zero-order chi connectivity index (χ0) is 20.0. The van der Waals surface area contributed by atoms with Gasteiger partial charge in [0.1, 0.15) is 16.9 Å². The molecule has 0 unspecified atom stereocenters. The fraction of sp³-hybridized carbons (Fsp3) is 0.579. The van der Waals surface area contributed by atoms with Crippen molar-refractivity contribution in [2.75, 3.05) is 52.0 Å². The lowest BCUT2D eigenvalue weighted by Crippen LogP contribution is -2.50. The number of anilines is 1. The van der Waals surface area contributed by atoms with E-state index in [0.29, 0.717) is 18.0 Å². The van der Waals surface area contributed by atoms with Crippen LogP contribution in [0.3, 0.4) is 0 Å². The number of alkyl carbamates (subject to hydrolysis) is 1. The maximum Gasteiger partial charge on any atom is 0.408 e. The van der Waals surface area contributed by atoms with Gasteiger partial charge in [0.25, 0.3) is 0 Å². The molecule has 0 saturated carbocycles. The Balaban J connectivity index is 1.88. The van der Waals surface area contributed by atoms with Crippen molar-refractivity contribution >= 4 is 17.7 Å². The van der Waals surface area contributed by atoms with Crippen molar-refractivity contribution in [3.63, 3.8) is 0 Å². The van der Waals surface area contributed by atoms with Crippen molar-refractivity contribution in [1.29, 1.82) is 0 Å².